The Balaban J connectivity index is 1.59. The lowest BCUT2D eigenvalue weighted by atomic mass is 9.95. The maximum Gasteiger partial charge on any atom is 0.230 e. The molecule has 0 heterocycles. The first-order valence-electron chi connectivity index (χ1n) is 8.34. The summed E-state index contributed by atoms with van der Waals surface area (Å²) in [5, 5.41) is 3.76. The number of ether oxygens (including phenoxy) is 2. The van der Waals surface area contributed by atoms with Crippen LogP contribution in [0.25, 0.3) is 0 Å². The second kappa shape index (κ2) is 7.36. The summed E-state index contributed by atoms with van der Waals surface area (Å²) in [6.45, 7) is 0.587. The van der Waals surface area contributed by atoms with Crippen LogP contribution in [-0.4, -0.2) is 26.7 Å². The molecule has 0 aromatic heterocycles. The van der Waals surface area contributed by atoms with E-state index in [2.05, 4.69) is 5.32 Å². The van der Waals surface area contributed by atoms with Gasteiger partial charge in [-0.3, -0.25) is 4.79 Å². The first-order valence-corrected chi connectivity index (χ1v) is 8.72. The zero-order valence-corrected chi connectivity index (χ0v) is 15.2. The van der Waals surface area contributed by atoms with Gasteiger partial charge in [-0.15, -0.1) is 0 Å². The molecule has 1 N–H and O–H groups in total. The highest BCUT2D eigenvalue weighted by atomic mass is 35.5. The van der Waals surface area contributed by atoms with Crippen molar-refractivity contribution in [3.8, 4) is 11.5 Å². The van der Waals surface area contributed by atoms with Crippen LogP contribution in [0, 0.1) is 0 Å². The van der Waals surface area contributed by atoms with Crippen molar-refractivity contribution in [3.63, 3.8) is 0 Å². The van der Waals surface area contributed by atoms with Gasteiger partial charge in [0.2, 0.25) is 5.91 Å². The average molecular weight is 360 g/mol. The van der Waals surface area contributed by atoms with Crippen LogP contribution in [0.1, 0.15) is 24.0 Å². The van der Waals surface area contributed by atoms with E-state index in [0.717, 1.165) is 30.4 Å². The molecule has 0 unspecified atom stereocenters. The van der Waals surface area contributed by atoms with Crippen LogP contribution in [-0.2, 0) is 16.6 Å². The number of hydrogen-bond acceptors (Lipinski definition) is 3. The molecule has 2 aromatic carbocycles. The van der Waals surface area contributed by atoms with Gasteiger partial charge in [0.1, 0.15) is 0 Å². The van der Waals surface area contributed by atoms with E-state index in [4.69, 9.17) is 21.1 Å². The molecule has 0 radical (unpaired) electrons. The summed E-state index contributed by atoms with van der Waals surface area (Å²) in [5.74, 6) is 1.50. The van der Waals surface area contributed by atoms with Gasteiger partial charge in [-0.2, -0.15) is 0 Å². The number of rotatable bonds is 7. The lowest BCUT2D eigenvalue weighted by molar-refractivity contribution is -0.123. The van der Waals surface area contributed by atoms with Gasteiger partial charge in [0.25, 0.3) is 0 Å². The SMILES string of the molecule is COc1ccc(CCNC(=O)C2(c3ccc(Cl)cc3)CC2)cc1OC. The fourth-order valence-corrected chi connectivity index (χ4v) is 3.19. The maximum absolute atomic E-state index is 12.6. The van der Waals surface area contributed by atoms with Crippen LogP contribution in [0.4, 0.5) is 0 Å². The molecule has 2 aromatic rings. The molecule has 0 atom stereocenters. The van der Waals surface area contributed by atoms with Gasteiger partial charge in [-0.05, 0) is 54.7 Å². The summed E-state index contributed by atoms with van der Waals surface area (Å²) in [7, 11) is 3.23. The molecule has 3 rings (SSSR count). The smallest absolute Gasteiger partial charge is 0.230 e. The summed E-state index contributed by atoms with van der Waals surface area (Å²) in [5.41, 5.74) is 1.76. The van der Waals surface area contributed by atoms with Crippen LogP contribution in [0.2, 0.25) is 5.02 Å². The van der Waals surface area contributed by atoms with Crippen molar-refractivity contribution in [1.29, 1.82) is 0 Å². The normalized spacial score (nSPS) is 14.7. The molecule has 0 spiro atoms. The molecule has 1 aliphatic carbocycles. The van der Waals surface area contributed by atoms with Crippen LogP contribution < -0.4 is 14.8 Å². The molecule has 1 saturated carbocycles. The van der Waals surface area contributed by atoms with Crippen molar-refractivity contribution in [1.82, 2.24) is 5.32 Å². The number of nitrogens with one attached hydrogen (secondary N) is 1. The molecule has 132 valence electrons. The Hall–Kier alpha value is -2.20. The van der Waals surface area contributed by atoms with Crippen molar-refractivity contribution >= 4 is 17.5 Å². The predicted molar refractivity (Wildman–Crippen MR) is 98.6 cm³/mol. The van der Waals surface area contributed by atoms with E-state index in [0.29, 0.717) is 23.1 Å². The van der Waals surface area contributed by atoms with Crippen LogP contribution in [0.3, 0.4) is 0 Å². The average Bonchev–Trinajstić information content (AvgIpc) is 3.44. The number of amides is 1. The highest BCUT2D eigenvalue weighted by molar-refractivity contribution is 6.30. The van der Waals surface area contributed by atoms with E-state index in [1.54, 1.807) is 14.2 Å². The fourth-order valence-electron chi connectivity index (χ4n) is 3.07. The third-order valence-corrected chi connectivity index (χ3v) is 4.98. The number of benzene rings is 2. The van der Waals surface area contributed by atoms with E-state index in [1.807, 2.05) is 42.5 Å². The van der Waals surface area contributed by atoms with Crippen molar-refractivity contribution in [2.75, 3.05) is 20.8 Å². The first kappa shape index (κ1) is 17.6. The molecule has 1 fully saturated rings. The molecular formula is C20H22ClNO3. The van der Waals surface area contributed by atoms with Gasteiger partial charge in [0.05, 0.1) is 19.6 Å². The Morgan fingerprint density at radius 1 is 1.08 bits per heavy atom. The third-order valence-electron chi connectivity index (χ3n) is 4.73. The molecule has 5 heteroatoms. The Kier molecular flexibility index (Phi) is 5.19. The molecule has 4 nitrogen and oxygen atoms in total. The summed E-state index contributed by atoms with van der Waals surface area (Å²) in [4.78, 5) is 12.6. The maximum atomic E-state index is 12.6. The van der Waals surface area contributed by atoms with E-state index >= 15 is 0 Å². The van der Waals surface area contributed by atoms with Crippen LogP contribution >= 0.6 is 11.6 Å². The lowest BCUT2D eigenvalue weighted by Gasteiger charge is -2.16. The standard InChI is InChI=1S/C20H22ClNO3/c1-24-17-8-3-14(13-18(17)25-2)9-12-22-19(23)20(10-11-20)15-4-6-16(21)7-5-15/h3-8,13H,9-12H2,1-2H3,(H,22,23). The zero-order chi connectivity index (χ0) is 17.9. The minimum atomic E-state index is -0.373. The Morgan fingerprint density at radius 3 is 2.36 bits per heavy atom. The van der Waals surface area contributed by atoms with E-state index in [-0.39, 0.29) is 11.3 Å². The van der Waals surface area contributed by atoms with Crippen molar-refractivity contribution in [3.05, 3.63) is 58.6 Å². The number of halogens is 1. The van der Waals surface area contributed by atoms with Crippen LogP contribution in [0.5, 0.6) is 11.5 Å². The zero-order valence-electron chi connectivity index (χ0n) is 14.5. The number of carbonyl (C=O) groups excluding carboxylic acids is 1. The third kappa shape index (κ3) is 3.74. The molecular weight excluding hydrogens is 338 g/mol. The minimum Gasteiger partial charge on any atom is -0.493 e. The fraction of sp³-hybridized carbons (Fsp3) is 0.350. The molecule has 0 aliphatic heterocycles. The highest BCUT2D eigenvalue weighted by Crippen LogP contribution is 2.48. The molecule has 25 heavy (non-hydrogen) atoms. The van der Waals surface area contributed by atoms with E-state index < -0.39 is 0 Å². The van der Waals surface area contributed by atoms with Crippen molar-refractivity contribution in [2.24, 2.45) is 0 Å². The first-order chi connectivity index (χ1) is 12.1. The predicted octanol–water partition coefficient (Wildman–Crippen LogP) is 3.75. The van der Waals surface area contributed by atoms with E-state index in [9.17, 15) is 4.79 Å². The second-order valence-corrected chi connectivity index (χ2v) is 6.72. The Morgan fingerprint density at radius 2 is 1.76 bits per heavy atom. The largest absolute Gasteiger partial charge is 0.493 e. The summed E-state index contributed by atoms with van der Waals surface area (Å²) >= 11 is 5.94. The molecule has 1 aliphatic rings. The number of methoxy groups -OCH3 is 2. The van der Waals surface area contributed by atoms with Gasteiger partial charge < -0.3 is 14.8 Å². The number of carbonyl (C=O) groups is 1. The van der Waals surface area contributed by atoms with Crippen molar-refractivity contribution < 1.29 is 14.3 Å². The second-order valence-electron chi connectivity index (χ2n) is 6.28. The monoisotopic (exact) mass is 359 g/mol. The Bertz CT molecular complexity index is 754. The lowest BCUT2D eigenvalue weighted by Crippen LogP contribution is -2.35. The van der Waals surface area contributed by atoms with Gasteiger partial charge in [-0.25, -0.2) is 0 Å². The highest BCUT2D eigenvalue weighted by Gasteiger charge is 2.50. The summed E-state index contributed by atoms with van der Waals surface area (Å²) in [6.07, 6.45) is 2.51. The number of hydrogen-bond donors (Lipinski definition) is 1. The molecule has 0 saturated heterocycles. The summed E-state index contributed by atoms with van der Waals surface area (Å²) in [6, 6.07) is 13.4. The van der Waals surface area contributed by atoms with Gasteiger partial charge in [-0.1, -0.05) is 29.8 Å². The van der Waals surface area contributed by atoms with E-state index in [1.165, 1.54) is 0 Å². The molecule has 0 bridgehead atoms. The summed E-state index contributed by atoms with van der Waals surface area (Å²) < 4.78 is 10.6. The molecule has 1 amide bonds. The van der Waals surface area contributed by atoms with Gasteiger partial charge in [0.15, 0.2) is 11.5 Å². The van der Waals surface area contributed by atoms with Crippen LogP contribution in [0.15, 0.2) is 42.5 Å². The topological polar surface area (TPSA) is 47.6 Å². The minimum absolute atomic E-state index is 0.0929. The van der Waals surface area contributed by atoms with Gasteiger partial charge >= 0.3 is 0 Å². The quantitative estimate of drug-likeness (QED) is 0.819. The van der Waals surface area contributed by atoms with Crippen molar-refractivity contribution in [2.45, 2.75) is 24.7 Å². The van der Waals surface area contributed by atoms with Gasteiger partial charge in [0, 0.05) is 11.6 Å². The Labute approximate surface area is 153 Å².